The molecule has 0 aliphatic carbocycles. The van der Waals surface area contributed by atoms with Crippen LogP contribution in [0.2, 0.25) is 0 Å². The van der Waals surface area contributed by atoms with E-state index in [1.54, 1.807) is 7.05 Å². The van der Waals surface area contributed by atoms with Gasteiger partial charge in [0.1, 0.15) is 12.4 Å². The smallest absolute Gasteiger partial charge is 0.237 e. The highest BCUT2D eigenvalue weighted by molar-refractivity contribution is 4.81. The number of alkyl halides is 3. The van der Waals surface area contributed by atoms with Gasteiger partial charge in [0.25, 0.3) is 5.82 Å². The fourth-order valence-electron chi connectivity index (χ4n) is 0.820. The SMILES string of the molecule is Cc1n(C(F)(F)F)cc[n+]1C. The Balaban J connectivity index is 3.15. The van der Waals surface area contributed by atoms with Crippen molar-refractivity contribution in [3.63, 3.8) is 0 Å². The molecular weight excluding hydrogens is 157 g/mol. The van der Waals surface area contributed by atoms with Gasteiger partial charge >= 0.3 is 6.30 Å². The lowest BCUT2D eigenvalue weighted by molar-refractivity contribution is -0.678. The Kier molecular flexibility index (Phi) is 1.66. The largest absolute Gasteiger partial charge is 0.567 e. The molecule has 0 saturated heterocycles. The first-order valence-corrected chi connectivity index (χ1v) is 3.03. The second kappa shape index (κ2) is 2.25. The van der Waals surface area contributed by atoms with Crippen LogP contribution in [0.1, 0.15) is 5.82 Å². The maximum atomic E-state index is 12.0. The van der Waals surface area contributed by atoms with Crippen LogP contribution in [0.3, 0.4) is 0 Å². The molecule has 0 N–H and O–H groups in total. The molecule has 2 nitrogen and oxygen atoms in total. The van der Waals surface area contributed by atoms with Gasteiger partial charge in [-0.3, -0.25) is 0 Å². The normalized spacial score (nSPS) is 12.1. The maximum absolute atomic E-state index is 12.0. The van der Waals surface area contributed by atoms with E-state index in [1.807, 2.05) is 0 Å². The summed E-state index contributed by atoms with van der Waals surface area (Å²) in [6, 6.07) is 0. The van der Waals surface area contributed by atoms with E-state index < -0.39 is 6.30 Å². The van der Waals surface area contributed by atoms with Crippen molar-refractivity contribution in [1.82, 2.24) is 4.57 Å². The number of nitrogens with zero attached hydrogens (tertiary/aromatic N) is 2. The number of rotatable bonds is 0. The first-order chi connectivity index (χ1) is 4.93. The maximum Gasteiger partial charge on any atom is 0.567 e. The third-order valence-corrected chi connectivity index (χ3v) is 1.57. The van der Waals surface area contributed by atoms with Crippen molar-refractivity contribution in [1.29, 1.82) is 0 Å². The molecule has 0 amide bonds. The summed E-state index contributed by atoms with van der Waals surface area (Å²) in [5.41, 5.74) is 0. The molecule has 0 unspecified atom stereocenters. The van der Waals surface area contributed by atoms with E-state index in [0.717, 1.165) is 6.20 Å². The van der Waals surface area contributed by atoms with Crippen molar-refractivity contribution >= 4 is 0 Å². The Bertz CT molecular complexity index is 261. The third-order valence-electron chi connectivity index (χ3n) is 1.57. The van der Waals surface area contributed by atoms with Crippen molar-refractivity contribution in [2.45, 2.75) is 13.2 Å². The van der Waals surface area contributed by atoms with Crippen LogP contribution in [-0.4, -0.2) is 4.57 Å². The Morgan fingerprint density at radius 2 is 2.00 bits per heavy atom. The molecule has 0 bridgehead atoms. The summed E-state index contributed by atoms with van der Waals surface area (Å²) < 4.78 is 37.7. The summed E-state index contributed by atoms with van der Waals surface area (Å²) in [4.78, 5) is 0. The van der Waals surface area contributed by atoms with Gasteiger partial charge in [0.15, 0.2) is 0 Å². The molecule has 1 aromatic rings. The van der Waals surface area contributed by atoms with Crippen LogP contribution < -0.4 is 4.57 Å². The highest BCUT2D eigenvalue weighted by Gasteiger charge is 2.39. The van der Waals surface area contributed by atoms with E-state index in [-0.39, 0.29) is 10.4 Å². The van der Waals surface area contributed by atoms with Gasteiger partial charge in [0.2, 0.25) is 0 Å². The number of aryl methyl sites for hydroxylation is 1. The minimum absolute atomic E-state index is 0.164. The number of aromatic nitrogens is 2. The van der Waals surface area contributed by atoms with Crippen LogP contribution in [0.25, 0.3) is 0 Å². The third kappa shape index (κ3) is 1.36. The molecule has 0 aliphatic rings. The van der Waals surface area contributed by atoms with Crippen molar-refractivity contribution in [3.05, 3.63) is 18.2 Å². The number of hydrogen-bond donors (Lipinski definition) is 0. The van der Waals surface area contributed by atoms with Crippen molar-refractivity contribution < 1.29 is 17.7 Å². The van der Waals surface area contributed by atoms with Gasteiger partial charge in [0.05, 0.1) is 7.05 Å². The van der Waals surface area contributed by atoms with E-state index in [1.165, 1.54) is 17.7 Å². The van der Waals surface area contributed by atoms with E-state index in [9.17, 15) is 13.2 Å². The Morgan fingerprint density at radius 3 is 2.18 bits per heavy atom. The molecule has 1 aromatic heterocycles. The highest BCUT2D eigenvalue weighted by atomic mass is 19.4. The molecule has 5 heteroatoms. The molecule has 0 aliphatic heterocycles. The van der Waals surface area contributed by atoms with Crippen LogP contribution >= 0.6 is 0 Å². The number of hydrogen-bond acceptors (Lipinski definition) is 0. The van der Waals surface area contributed by atoms with E-state index in [4.69, 9.17) is 0 Å². The molecule has 62 valence electrons. The van der Waals surface area contributed by atoms with Crippen LogP contribution in [0.5, 0.6) is 0 Å². The lowest BCUT2D eigenvalue weighted by Crippen LogP contribution is -2.32. The van der Waals surface area contributed by atoms with Crippen molar-refractivity contribution in [3.8, 4) is 0 Å². The lowest BCUT2D eigenvalue weighted by atomic mass is 10.7. The monoisotopic (exact) mass is 165 g/mol. The lowest BCUT2D eigenvalue weighted by Gasteiger charge is -2.00. The molecule has 0 fully saturated rings. The molecule has 0 spiro atoms. The minimum atomic E-state index is -4.30. The molecule has 1 heterocycles. The quantitative estimate of drug-likeness (QED) is 0.509. The van der Waals surface area contributed by atoms with Gasteiger partial charge in [-0.2, -0.15) is 0 Å². The predicted molar refractivity (Wildman–Crippen MR) is 31.6 cm³/mol. The highest BCUT2D eigenvalue weighted by Crippen LogP contribution is 2.22. The zero-order valence-corrected chi connectivity index (χ0v) is 6.18. The molecule has 0 aromatic carbocycles. The zero-order chi connectivity index (χ0) is 8.65. The van der Waals surface area contributed by atoms with Crippen LogP contribution in [0.4, 0.5) is 13.2 Å². The standard InChI is InChI=1S/C6H8F3N2/c1-5-10(2)3-4-11(5)6(7,8)9/h3-4H,1-2H3/q+1. The van der Waals surface area contributed by atoms with Crippen LogP contribution in [0.15, 0.2) is 12.4 Å². The van der Waals surface area contributed by atoms with E-state index in [0.29, 0.717) is 0 Å². The van der Waals surface area contributed by atoms with Crippen LogP contribution in [0, 0.1) is 6.92 Å². The number of imidazole rings is 1. The van der Waals surface area contributed by atoms with Crippen molar-refractivity contribution in [2.24, 2.45) is 7.05 Å². The molecule has 0 radical (unpaired) electrons. The summed E-state index contributed by atoms with van der Waals surface area (Å²) in [6.45, 7) is 1.41. The molecule has 0 saturated carbocycles. The van der Waals surface area contributed by atoms with Gasteiger partial charge in [-0.1, -0.05) is 0 Å². The van der Waals surface area contributed by atoms with E-state index in [2.05, 4.69) is 0 Å². The fraction of sp³-hybridized carbons (Fsp3) is 0.500. The second-order valence-electron chi connectivity index (χ2n) is 2.29. The predicted octanol–water partition coefficient (Wildman–Crippen LogP) is 1.10. The zero-order valence-electron chi connectivity index (χ0n) is 6.18. The summed E-state index contributed by atoms with van der Waals surface area (Å²) in [5, 5.41) is 0. The van der Waals surface area contributed by atoms with E-state index >= 15 is 0 Å². The topological polar surface area (TPSA) is 8.81 Å². The molecule has 1 rings (SSSR count). The molecule has 0 atom stereocenters. The molecular formula is C6H8F3N2+. The number of halogens is 3. The van der Waals surface area contributed by atoms with Crippen molar-refractivity contribution in [2.75, 3.05) is 0 Å². The fourth-order valence-corrected chi connectivity index (χ4v) is 0.820. The first-order valence-electron chi connectivity index (χ1n) is 3.03. The first kappa shape index (κ1) is 8.10. The Hall–Kier alpha value is -1.00. The van der Waals surface area contributed by atoms with Gasteiger partial charge < -0.3 is 0 Å². The Labute approximate surface area is 61.9 Å². The second-order valence-corrected chi connectivity index (χ2v) is 2.29. The molecule has 11 heavy (non-hydrogen) atoms. The summed E-state index contributed by atoms with van der Waals surface area (Å²) in [6.07, 6.45) is -1.94. The van der Waals surface area contributed by atoms with Gasteiger partial charge in [-0.25, -0.2) is 4.57 Å². The summed E-state index contributed by atoms with van der Waals surface area (Å²) in [5.74, 6) is 0.164. The average molecular weight is 165 g/mol. The summed E-state index contributed by atoms with van der Waals surface area (Å²) >= 11 is 0. The summed E-state index contributed by atoms with van der Waals surface area (Å²) in [7, 11) is 1.57. The van der Waals surface area contributed by atoms with Crippen LogP contribution in [-0.2, 0) is 13.3 Å². The van der Waals surface area contributed by atoms with Gasteiger partial charge in [-0.15, -0.1) is 17.7 Å². The van der Waals surface area contributed by atoms with Gasteiger partial charge in [0, 0.05) is 6.92 Å². The average Bonchev–Trinajstić information content (AvgIpc) is 2.11. The Morgan fingerprint density at radius 1 is 1.45 bits per heavy atom. The minimum Gasteiger partial charge on any atom is -0.237 e. The van der Waals surface area contributed by atoms with Gasteiger partial charge in [-0.05, 0) is 0 Å².